The van der Waals surface area contributed by atoms with Gasteiger partial charge in [-0.1, -0.05) is 12.1 Å². The molecule has 0 bridgehead atoms. The molecule has 1 heterocycles. The first-order valence-corrected chi connectivity index (χ1v) is 5.48. The van der Waals surface area contributed by atoms with Gasteiger partial charge in [0, 0.05) is 6.04 Å². The number of hydrogen-bond donors (Lipinski definition) is 2. The van der Waals surface area contributed by atoms with Gasteiger partial charge in [-0.15, -0.1) is 0 Å². The van der Waals surface area contributed by atoms with Crippen molar-refractivity contribution in [2.75, 3.05) is 0 Å². The van der Waals surface area contributed by atoms with Crippen molar-refractivity contribution >= 4 is 11.8 Å². The average molecular weight is 232 g/mol. The second-order valence-electron chi connectivity index (χ2n) is 4.56. The zero-order chi connectivity index (χ0) is 12.2. The summed E-state index contributed by atoms with van der Waals surface area (Å²) in [6.07, 6.45) is 0. The third-order valence-corrected chi connectivity index (χ3v) is 3.45. The Hall–Kier alpha value is -1.88. The van der Waals surface area contributed by atoms with Crippen molar-refractivity contribution in [3.63, 3.8) is 0 Å². The van der Waals surface area contributed by atoms with Crippen LogP contribution in [0.4, 0.5) is 0 Å². The summed E-state index contributed by atoms with van der Waals surface area (Å²) in [5.74, 6) is -0.752. The molecule has 3 rings (SSSR count). The van der Waals surface area contributed by atoms with Crippen LogP contribution >= 0.6 is 0 Å². The van der Waals surface area contributed by atoms with E-state index >= 15 is 0 Å². The number of phenolic OH excluding ortho intramolecular Hbond substituents is 1. The molecule has 0 radical (unpaired) electrons. The highest BCUT2D eigenvalue weighted by atomic mass is 16.3. The zero-order valence-electron chi connectivity index (χ0n) is 9.04. The molecule has 2 aliphatic rings. The second kappa shape index (κ2) is 3.30. The number of nitrogens with zero attached hydrogens (tertiary/aromatic N) is 1. The van der Waals surface area contributed by atoms with Crippen LogP contribution in [0.5, 0.6) is 5.75 Å². The molecule has 2 unspecified atom stereocenters. The summed E-state index contributed by atoms with van der Waals surface area (Å²) in [7, 11) is 0. The average Bonchev–Trinajstić information content (AvgIpc) is 2.90. The maximum absolute atomic E-state index is 11.8. The van der Waals surface area contributed by atoms with E-state index in [2.05, 4.69) is 0 Å². The molecule has 1 saturated carbocycles. The van der Waals surface area contributed by atoms with Gasteiger partial charge in [0.2, 0.25) is 11.8 Å². The van der Waals surface area contributed by atoms with E-state index < -0.39 is 0 Å². The second-order valence-corrected chi connectivity index (χ2v) is 4.56. The van der Waals surface area contributed by atoms with Crippen LogP contribution in [0.3, 0.4) is 0 Å². The number of amides is 2. The summed E-state index contributed by atoms with van der Waals surface area (Å²) < 4.78 is 0. The van der Waals surface area contributed by atoms with E-state index in [1.807, 2.05) is 0 Å². The predicted octanol–water partition coefficient (Wildman–Crippen LogP) is -0.166. The number of carbonyl (C=O) groups is 2. The standard InChI is InChI=1S/C12H12N2O3/c13-10-8-9(10)12(17)14(11(8)16)5-6-1-3-7(15)4-2-6/h1-4,8-10,15H,5,13H2. The van der Waals surface area contributed by atoms with E-state index in [-0.39, 0.29) is 42.0 Å². The molecule has 5 nitrogen and oxygen atoms in total. The molecule has 1 saturated heterocycles. The van der Waals surface area contributed by atoms with Gasteiger partial charge in [0.1, 0.15) is 5.75 Å². The molecule has 1 aromatic rings. The number of piperidine rings is 1. The molecule has 1 aliphatic carbocycles. The number of aromatic hydroxyl groups is 1. The molecule has 1 aliphatic heterocycles. The van der Waals surface area contributed by atoms with Crippen molar-refractivity contribution < 1.29 is 14.7 Å². The number of benzene rings is 1. The molecule has 88 valence electrons. The van der Waals surface area contributed by atoms with Crippen molar-refractivity contribution in [3.8, 4) is 5.75 Å². The molecule has 5 heteroatoms. The van der Waals surface area contributed by atoms with Crippen molar-refractivity contribution in [2.45, 2.75) is 12.6 Å². The van der Waals surface area contributed by atoms with Crippen molar-refractivity contribution in [2.24, 2.45) is 17.6 Å². The van der Waals surface area contributed by atoms with Gasteiger partial charge in [-0.3, -0.25) is 14.5 Å². The van der Waals surface area contributed by atoms with E-state index in [9.17, 15) is 9.59 Å². The topological polar surface area (TPSA) is 83.6 Å². The first-order chi connectivity index (χ1) is 8.09. The first-order valence-electron chi connectivity index (χ1n) is 5.48. The molecular formula is C12H12N2O3. The van der Waals surface area contributed by atoms with Crippen LogP contribution < -0.4 is 5.73 Å². The van der Waals surface area contributed by atoms with Crippen LogP contribution in [0.2, 0.25) is 0 Å². The molecule has 0 aromatic heterocycles. The minimum atomic E-state index is -0.292. The lowest BCUT2D eigenvalue weighted by Gasteiger charge is -2.17. The Balaban J connectivity index is 1.77. The fourth-order valence-corrected chi connectivity index (χ4v) is 2.38. The third-order valence-electron chi connectivity index (χ3n) is 3.45. The largest absolute Gasteiger partial charge is 0.508 e. The van der Waals surface area contributed by atoms with Crippen LogP contribution in [-0.4, -0.2) is 27.9 Å². The van der Waals surface area contributed by atoms with Crippen LogP contribution in [0.1, 0.15) is 5.56 Å². The Morgan fingerprint density at radius 3 is 2.18 bits per heavy atom. The smallest absolute Gasteiger partial charge is 0.235 e. The molecule has 2 fully saturated rings. The van der Waals surface area contributed by atoms with Crippen LogP contribution in [0.25, 0.3) is 0 Å². The van der Waals surface area contributed by atoms with Crippen LogP contribution in [-0.2, 0) is 16.1 Å². The SMILES string of the molecule is NC1C2C(=O)N(Cc3ccc(O)cc3)C(=O)C12. The fraction of sp³-hybridized carbons (Fsp3) is 0.333. The summed E-state index contributed by atoms with van der Waals surface area (Å²) in [6, 6.07) is 6.19. The van der Waals surface area contributed by atoms with Gasteiger partial charge in [0.15, 0.2) is 0 Å². The van der Waals surface area contributed by atoms with Gasteiger partial charge in [-0.25, -0.2) is 0 Å². The number of hydrogen-bond acceptors (Lipinski definition) is 4. The van der Waals surface area contributed by atoms with E-state index in [0.717, 1.165) is 5.56 Å². The van der Waals surface area contributed by atoms with E-state index in [1.165, 1.54) is 17.0 Å². The van der Waals surface area contributed by atoms with Crippen molar-refractivity contribution in [3.05, 3.63) is 29.8 Å². The van der Waals surface area contributed by atoms with Crippen molar-refractivity contribution in [1.29, 1.82) is 0 Å². The van der Waals surface area contributed by atoms with Crippen LogP contribution in [0.15, 0.2) is 24.3 Å². The Morgan fingerprint density at radius 2 is 1.65 bits per heavy atom. The minimum Gasteiger partial charge on any atom is -0.508 e. The summed E-state index contributed by atoms with van der Waals surface area (Å²) >= 11 is 0. The normalized spacial score (nSPS) is 30.6. The third kappa shape index (κ3) is 1.43. The summed E-state index contributed by atoms with van der Waals surface area (Å²) in [6.45, 7) is 0.262. The zero-order valence-corrected chi connectivity index (χ0v) is 9.04. The number of fused-ring (bicyclic) bond motifs is 1. The molecule has 2 amide bonds. The highest BCUT2D eigenvalue weighted by molar-refractivity contribution is 6.10. The van der Waals surface area contributed by atoms with Gasteiger partial charge in [-0.05, 0) is 17.7 Å². The number of phenols is 1. The Bertz CT molecular complexity index is 475. The van der Waals surface area contributed by atoms with E-state index in [1.54, 1.807) is 12.1 Å². The van der Waals surface area contributed by atoms with Gasteiger partial charge in [0.25, 0.3) is 0 Å². The van der Waals surface area contributed by atoms with Crippen LogP contribution in [0, 0.1) is 11.8 Å². The summed E-state index contributed by atoms with van der Waals surface area (Å²) in [4.78, 5) is 24.9. The molecule has 0 spiro atoms. The number of imide groups is 1. The Morgan fingerprint density at radius 1 is 1.12 bits per heavy atom. The van der Waals surface area contributed by atoms with Gasteiger partial charge < -0.3 is 10.8 Å². The van der Waals surface area contributed by atoms with Gasteiger partial charge in [0.05, 0.1) is 18.4 Å². The first kappa shape index (κ1) is 10.3. The maximum atomic E-state index is 11.8. The van der Waals surface area contributed by atoms with E-state index in [0.29, 0.717) is 0 Å². The lowest BCUT2D eigenvalue weighted by Crippen LogP contribution is -2.36. The molecule has 17 heavy (non-hydrogen) atoms. The molecule has 3 N–H and O–H groups in total. The number of likely N-dealkylation sites (tertiary alicyclic amines) is 1. The number of nitrogens with two attached hydrogens (primary N) is 1. The number of rotatable bonds is 2. The van der Waals surface area contributed by atoms with Gasteiger partial charge in [-0.2, -0.15) is 0 Å². The minimum absolute atomic E-state index is 0.165. The Labute approximate surface area is 97.8 Å². The summed E-state index contributed by atoms with van der Waals surface area (Å²) in [5.41, 5.74) is 6.45. The van der Waals surface area contributed by atoms with E-state index in [4.69, 9.17) is 10.8 Å². The molecule has 2 atom stereocenters. The highest BCUT2D eigenvalue weighted by Crippen LogP contribution is 2.46. The lowest BCUT2D eigenvalue weighted by atomic mass is 10.2. The number of carbonyl (C=O) groups excluding carboxylic acids is 2. The summed E-state index contributed by atoms with van der Waals surface area (Å²) in [5, 5.41) is 9.14. The predicted molar refractivity (Wildman–Crippen MR) is 58.6 cm³/mol. The molecule has 1 aromatic carbocycles. The lowest BCUT2D eigenvalue weighted by molar-refractivity contribution is -0.142. The maximum Gasteiger partial charge on any atom is 0.235 e. The highest BCUT2D eigenvalue weighted by Gasteiger charge is 2.65. The molecular weight excluding hydrogens is 220 g/mol. The quantitative estimate of drug-likeness (QED) is 0.694. The van der Waals surface area contributed by atoms with Crippen molar-refractivity contribution in [1.82, 2.24) is 4.90 Å². The monoisotopic (exact) mass is 232 g/mol. The Kier molecular flexibility index (Phi) is 2.00. The van der Waals surface area contributed by atoms with Gasteiger partial charge >= 0.3 is 0 Å². The fourth-order valence-electron chi connectivity index (χ4n) is 2.38.